The summed E-state index contributed by atoms with van der Waals surface area (Å²) >= 11 is 0. The molecule has 0 aliphatic rings. The third-order valence-corrected chi connectivity index (χ3v) is 14.2. The summed E-state index contributed by atoms with van der Waals surface area (Å²) in [4.78, 5) is 0. The van der Waals surface area contributed by atoms with E-state index in [1.54, 1.807) is 4.57 Å². The Hall–Kier alpha value is -9.46. The Labute approximate surface area is 399 Å². The van der Waals surface area contributed by atoms with E-state index in [2.05, 4.69) is 63.7 Å². The lowest BCUT2D eigenvalue weighted by molar-refractivity contribution is 0.381. The minimum atomic E-state index is -2.28. The number of hydrogen-bond donors (Lipinski definition) is 0. The maximum atomic E-state index is 16.5. The fraction of sp³-hybridized carbons (Fsp3) is 0. The highest BCUT2D eigenvalue weighted by atomic mass is 19.2. The molecule has 10 aromatic carbocycles. The highest BCUT2D eigenvalue weighted by molar-refractivity contribution is 6.14. The molecule has 0 radical (unpaired) electrons. The number of nitrogens with zero attached hydrogens (tertiary/aromatic N) is 5. The van der Waals surface area contributed by atoms with Crippen LogP contribution in [-0.4, -0.2) is 18.3 Å². The highest BCUT2D eigenvalue weighted by Gasteiger charge is 2.32. The lowest BCUT2D eigenvalue weighted by Gasteiger charge is -2.21. The van der Waals surface area contributed by atoms with Gasteiger partial charge in [0.05, 0.1) is 61.1 Å². The average molecular weight is 930 g/mol. The molecule has 0 aliphatic heterocycles. The fourth-order valence-corrected chi connectivity index (χ4v) is 11.3. The van der Waals surface area contributed by atoms with Crippen molar-refractivity contribution in [2.75, 3.05) is 0 Å². The number of fused-ring (bicyclic) bond motifs is 12. The van der Waals surface area contributed by atoms with E-state index in [-0.39, 0.29) is 16.8 Å². The monoisotopic (exact) mass is 929 g/mol. The molecule has 0 atom stereocenters. The van der Waals surface area contributed by atoms with E-state index in [1.807, 2.05) is 138 Å². The molecule has 4 aromatic heterocycles. The number of rotatable bonds is 5. The second-order valence-electron chi connectivity index (χ2n) is 17.8. The van der Waals surface area contributed by atoms with Crippen LogP contribution in [0.25, 0.3) is 121 Å². The summed E-state index contributed by atoms with van der Waals surface area (Å²) in [5, 5.41) is 19.2. The maximum absolute atomic E-state index is 16.5. The van der Waals surface area contributed by atoms with E-state index in [9.17, 15) is 9.65 Å². The zero-order chi connectivity index (χ0) is 47.8. The summed E-state index contributed by atoms with van der Waals surface area (Å²) in [5.41, 5.74) is 6.62. The van der Waals surface area contributed by atoms with Crippen molar-refractivity contribution < 1.29 is 22.0 Å². The summed E-state index contributed by atoms with van der Waals surface area (Å²) in [6.45, 7) is 0. The minimum Gasteiger partial charge on any atom is -0.309 e. The first kappa shape index (κ1) is 40.6. The third-order valence-electron chi connectivity index (χ3n) is 14.2. The van der Waals surface area contributed by atoms with Gasteiger partial charge in [0, 0.05) is 60.0 Å². The van der Waals surface area contributed by atoms with Crippen LogP contribution in [0.2, 0.25) is 0 Å². The predicted molar refractivity (Wildman–Crippen MR) is 274 cm³/mol. The van der Waals surface area contributed by atoms with E-state index in [4.69, 9.17) is 0 Å². The first-order valence-corrected chi connectivity index (χ1v) is 23.0. The van der Waals surface area contributed by atoms with Crippen LogP contribution < -0.4 is 0 Å². The lowest BCUT2D eigenvalue weighted by Crippen LogP contribution is -2.10. The fourth-order valence-electron chi connectivity index (χ4n) is 11.3. The average Bonchev–Trinajstić information content (AvgIpc) is 4.14. The molecule has 0 saturated heterocycles. The minimum absolute atomic E-state index is 0.0664. The van der Waals surface area contributed by atoms with Gasteiger partial charge in [0.25, 0.3) is 0 Å². The van der Waals surface area contributed by atoms with Crippen molar-refractivity contribution in [3.8, 4) is 39.9 Å². The molecule has 71 heavy (non-hydrogen) atoms. The van der Waals surface area contributed by atoms with Crippen LogP contribution in [0.3, 0.4) is 0 Å². The number of halogens is 5. The number of benzene rings is 10. The molecule has 5 nitrogen and oxygen atoms in total. The summed E-state index contributed by atoms with van der Waals surface area (Å²) in [6.07, 6.45) is 0. The third kappa shape index (κ3) is 5.54. The van der Waals surface area contributed by atoms with Crippen molar-refractivity contribution in [3.05, 3.63) is 229 Å². The van der Waals surface area contributed by atoms with Crippen LogP contribution in [0.5, 0.6) is 0 Å². The van der Waals surface area contributed by atoms with Crippen molar-refractivity contribution in [1.82, 2.24) is 18.3 Å². The molecule has 0 N–H and O–H groups in total. The van der Waals surface area contributed by atoms with E-state index in [0.717, 1.165) is 82.0 Å². The molecule has 14 rings (SSSR count). The molecule has 0 amide bonds. The van der Waals surface area contributed by atoms with Gasteiger partial charge in [-0.15, -0.1) is 0 Å². The summed E-state index contributed by atoms with van der Waals surface area (Å²) < 4.78 is 86.8. The molecule has 0 bridgehead atoms. The highest BCUT2D eigenvalue weighted by Crippen LogP contribution is 2.45. The molecule has 0 aliphatic carbocycles. The molecule has 0 fully saturated rings. The van der Waals surface area contributed by atoms with E-state index < -0.39 is 34.6 Å². The molecule has 4 heterocycles. The first-order chi connectivity index (χ1) is 34.8. The lowest BCUT2D eigenvalue weighted by atomic mass is 9.96. The van der Waals surface area contributed by atoms with Crippen molar-refractivity contribution in [2.24, 2.45) is 0 Å². The summed E-state index contributed by atoms with van der Waals surface area (Å²) in [6, 6.07) is 65.0. The molecule has 0 saturated carbocycles. The second kappa shape index (κ2) is 15.0. The van der Waals surface area contributed by atoms with Gasteiger partial charge in [-0.25, -0.2) is 22.0 Å². The maximum Gasteiger partial charge on any atom is 0.200 e. The van der Waals surface area contributed by atoms with Gasteiger partial charge in [-0.1, -0.05) is 121 Å². The van der Waals surface area contributed by atoms with Crippen LogP contribution >= 0.6 is 0 Å². The molecule has 0 spiro atoms. The summed E-state index contributed by atoms with van der Waals surface area (Å²) in [7, 11) is 0. The molecule has 10 heteroatoms. The summed E-state index contributed by atoms with van der Waals surface area (Å²) in [5.74, 6) is -10.5. The Morgan fingerprint density at radius 1 is 0.310 bits per heavy atom. The Kier molecular flexibility index (Phi) is 8.59. The van der Waals surface area contributed by atoms with Gasteiger partial charge in [0.1, 0.15) is 11.6 Å². The van der Waals surface area contributed by atoms with Crippen LogP contribution in [0.4, 0.5) is 22.0 Å². The number of nitriles is 1. The Morgan fingerprint density at radius 2 is 0.634 bits per heavy atom. The van der Waals surface area contributed by atoms with E-state index in [1.165, 1.54) is 12.1 Å². The predicted octanol–water partition coefficient (Wildman–Crippen LogP) is 16.3. The van der Waals surface area contributed by atoms with Crippen molar-refractivity contribution in [3.63, 3.8) is 0 Å². The zero-order valence-electron chi connectivity index (χ0n) is 37.1. The van der Waals surface area contributed by atoms with Crippen LogP contribution in [-0.2, 0) is 0 Å². The first-order valence-electron chi connectivity index (χ1n) is 23.0. The van der Waals surface area contributed by atoms with Crippen LogP contribution in [0.15, 0.2) is 194 Å². The standard InChI is InChI=1S/C61H32F5N5/c62-56-55(57(63)59(65)60(66)58(56)64)44-29-30-52(70-50-23-11-5-17-40(50)42-27-25-34(31-53(42)70)68-46-19-7-1-13-36(46)37-14-2-8-20-47(37)68)45(33-67)61(44)71-51-24-12-6-18-41(51)43-28-26-35(32-54(43)71)69-48-21-9-3-15-38(48)39-16-4-10-22-49(39)69/h1-32H. The van der Waals surface area contributed by atoms with Gasteiger partial charge in [0.15, 0.2) is 23.3 Å². The number of hydrogen-bond acceptors (Lipinski definition) is 1. The van der Waals surface area contributed by atoms with E-state index >= 15 is 17.6 Å². The second-order valence-corrected chi connectivity index (χ2v) is 17.8. The van der Waals surface area contributed by atoms with Gasteiger partial charge < -0.3 is 18.3 Å². The topological polar surface area (TPSA) is 43.5 Å². The molecule has 0 unspecified atom stereocenters. The smallest absolute Gasteiger partial charge is 0.200 e. The van der Waals surface area contributed by atoms with Crippen molar-refractivity contribution in [1.29, 1.82) is 5.26 Å². The Balaban J connectivity index is 1.12. The quantitative estimate of drug-likeness (QED) is 0.0963. The zero-order valence-corrected chi connectivity index (χ0v) is 37.1. The van der Waals surface area contributed by atoms with Crippen LogP contribution in [0, 0.1) is 40.4 Å². The molecular formula is C61H32F5N5. The van der Waals surface area contributed by atoms with Gasteiger partial charge in [0.2, 0.25) is 5.82 Å². The molecule has 336 valence electrons. The largest absolute Gasteiger partial charge is 0.309 e. The van der Waals surface area contributed by atoms with Gasteiger partial charge >= 0.3 is 0 Å². The van der Waals surface area contributed by atoms with Crippen molar-refractivity contribution >= 4 is 87.2 Å². The van der Waals surface area contributed by atoms with Gasteiger partial charge in [-0.3, -0.25) is 0 Å². The van der Waals surface area contributed by atoms with Crippen LogP contribution in [0.1, 0.15) is 5.56 Å². The van der Waals surface area contributed by atoms with Gasteiger partial charge in [-0.05, 0) is 72.8 Å². The molecular weight excluding hydrogens is 898 g/mol. The number of aromatic nitrogens is 4. The Morgan fingerprint density at radius 3 is 1.03 bits per heavy atom. The molecule has 14 aromatic rings. The van der Waals surface area contributed by atoms with E-state index in [0.29, 0.717) is 22.2 Å². The number of para-hydroxylation sites is 6. The SMILES string of the molecule is N#Cc1c(-n2c3ccccc3c3ccc(-n4c5ccccc5c5ccccc54)cc32)ccc(-c2c(F)c(F)c(F)c(F)c2F)c1-n1c2ccccc2c2ccc(-n3c4ccccc4c4ccccc43)cc21. The normalized spacial score (nSPS) is 12.0. The van der Waals surface area contributed by atoms with Gasteiger partial charge in [-0.2, -0.15) is 5.26 Å². The Bertz CT molecular complexity index is 4540. The van der Waals surface area contributed by atoms with Crippen molar-refractivity contribution in [2.45, 2.75) is 0 Å².